The topological polar surface area (TPSA) is 83.8 Å². The molecule has 0 radical (unpaired) electrons. The van der Waals surface area contributed by atoms with Crippen LogP contribution in [0.3, 0.4) is 0 Å². The number of carbonyl (C=O) groups excluding carboxylic acids is 1. The maximum Gasteiger partial charge on any atom is 0.277 e. The van der Waals surface area contributed by atoms with Gasteiger partial charge in [-0.15, -0.1) is 10.2 Å². The van der Waals surface area contributed by atoms with Crippen molar-refractivity contribution in [2.24, 2.45) is 0 Å². The molecule has 1 unspecified atom stereocenters. The molecule has 1 amide bonds. The number of hydrogen-bond donors (Lipinski definition) is 2. The van der Waals surface area contributed by atoms with Gasteiger partial charge in [0.05, 0.1) is 5.56 Å². The van der Waals surface area contributed by atoms with E-state index in [9.17, 15) is 4.79 Å². The predicted molar refractivity (Wildman–Crippen MR) is 131 cm³/mol. The first kappa shape index (κ1) is 21.3. The van der Waals surface area contributed by atoms with Gasteiger partial charge in [-0.25, -0.2) is 0 Å². The molecule has 2 aromatic heterocycles. The van der Waals surface area contributed by atoms with Crippen LogP contribution in [-0.2, 0) is 4.79 Å². The Morgan fingerprint density at radius 1 is 1.06 bits per heavy atom. The lowest BCUT2D eigenvalue weighted by Crippen LogP contribution is -2.19. The third-order valence-electron chi connectivity index (χ3n) is 5.22. The van der Waals surface area contributed by atoms with Gasteiger partial charge in [0.2, 0.25) is 5.91 Å². The van der Waals surface area contributed by atoms with E-state index < -0.39 is 5.25 Å². The van der Waals surface area contributed by atoms with E-state index >= 15 is 0 Å². The Balaban J connectivity index is 1.42. The summed E-state index contributed by atoms with van der Waals surface area (Å²) < 4.78 is 5.94. The minimum absolute atomic E-state index is 0.210. The summed E-state index contributed by atoms with van der Waals surface area (Å²) in [5, 5.41) is 12.7. The molecule has 6 nitrogen and oxygen atoms in total. The van der Waals surface area contributed by atoms with Crippen LogP contribution in [0.1, 0.15) is 16.4 Å². The lowest BCUT2D eigenvalue weighted by Gasteiger charge is -2.15. The number of para-hydroxylation sites is 1. The number of aryl methyl sites for hydroxylation is 1. The van der Waals surface area contributed by atoms with Crippen molar-refractivity contribution in [1.82, 2.24) is 15.2 Å². The first-order chi connectivity index (χ1) is 16.1. The van der Waals surface area contributed by atoms with Gasteiger partial charge in [0.15, 0.2) is 0 Å². The number of nitrogens with one attached hydrogen (secondary N) is 2. The van der Waals surface area contributed by atoms with Gasteiger partial charge >= 0.3 is 0 Å². The van der Waals surface area contributed by atoms with Crippen LogP contribution in [0.25, 0.3) is 22.4 Å². The fourth-order valence-electron chi connectivity index (χ4n) is 3.49. The van der Waals surface area contributed by atoms with Crippen LogP contribution in [0, 0.1) is 6.92 Å². The quantitative estimate of drug-likeness (QED) is 0.269. The largest absolute Gasteiger partial charge is 0.411 e. The van der Waals surface area contributed by atoms with Crippen molar-refractivity contribution < 1.29 is 9.21 Å². The highest BCUT2D eigenvalue weighted by Crippen LogP contribution is 2.37. The number of halogens is 1. The van der Waals surface area contributed by atoms with Crippen molar-refractivity contribution in [2.75, 3.05) is 5.32 Å². The van der Waals surface area contributed by atoms with Crippen LogP contribution in [-0.4, -0.2) is 21.1 Å². The van der Waals surface area contributed by atoms with Crippen molar-refractivity contribution in [1.29, 1.82) is 0 Å². The van der Waals surface area contributed by atoms with Crippen LogP contribution < -0.4 is 5.32 Å². The Morgan fingerprint density at radius 2 is 1.85 bits per heavy atom. The smallest absolute Gasteiger partial charge is 0.277 e. The zero-order valence-electron chi connectivity index (χ0n) is 17.6. The fraction of sp³-hybridized carbons (Fsp3) is 0.0800. The van der Waals surface area contributed by atoms with Gasteiger partial charge < -0.3 is 14.7 Å². The molecule has 5 aromatic rings. The number of fused-ring (bicyclic) bond motifs is 1. The summed E-state index contributed by atoms with van der Waals surface area (Å²) >= 11 is 7.43. The number of thioether (sulfide) groups is 1. The molecule has 33 heavy (non-hydrogen) atoms. The van der Waals surface area contributed by atoms with Crippen LogP contribution in [0.15, 0.2) is 88.6 Å². The van der Waals surface area contributed by atoms with Crippen LogP contribution in [0.4, 0.5) is 5.69 Å². The van der Waals surface area contributed by atoms with Gasteiger partial charge in [-0.3, -0.25) is 4.79 Å². The van der Waals surface area contributed by atoms with Crippen molar-refractivity contribution in [3.05, 3.63) is 95.1 Å². The summed E-state index contributed by atoms with van der Waals surface area (Å²) in [5.74, 6) is 0.186. The zero-order valence-corrected chi connectivity index (χ0v) is 19.2. The number of rotatable bonds is 6. The SMILES string of the molecule is Cc1ccc(NC(=O)C(Sc2nnc(-c3c[nH]c4ccccc34)o2)c2ccccc2)cc1Cl. The van der Waals surface area contributed by atoms with E-state index in [1.165, 1.54) is 11.8 Å². The molecule has 2 N–H and O–H groups in total. The molecule has 0 spiro atoms. The molecule has 8 heteroatoms. The first-order valence-corrected chi connectivity index (χ1v) is 11.5. The van der Waals surface area contributed by atoms with Crippen LogP contribution >= 0.6 is 23.4 Å². The highest BCUT2D eigenvalue weighted by atomic mass is 35.5. The standard InChI is InChI=1S/C25H19ClN4O2S/c1-15-11-12-17(13-20(15)26)28-23(31)22(16-7-3-2-4-8-16)33-25-30-29-24(32-25)19-14-27-21-10-6-5-9-18(19)21/h2-14,22,27H,1H3,(H,28,31). The molecule has 164 valence electrons. The average molecular weight is 475 g/mol. The Labute approximate surface area is 199 Å². The Hall–Kier alpha value is -3.55. The van der Waals surface area contributed by atoms with Crippen molar-refractivity contribution in [3.8, 4) is 11.5 Å². The molecular weight excluding hydrogens is 456 g/mol. The molecule has 0 fully saturated rings. The molecular formula is C25H19ClN4O2S. The number of aromatic nitrogens is 3. The zero-order chi connectivity index (χ0) is 22.8. The summed E-state index contributed by atoms with van der Waals surface area (Å²) in [6.07, 6.45) is 1.84. The third kappa shape index (κ3) is 4.51. The molecule has 0 saturated heterocycles. The van der Waals surface area contributed by atoms with E-state index in [2.05, 4.69) is 20.5 Å². The number of anilines is 1. The molecule has 0 saturated carbocycles. The van der Waals surface area contributed by atoms with Gasteiger partial charge in [-0.2, -0.15) is 0 Å². The van der Waals surface area contributed by atoms with E-state index in [4.69, 9.17) is 16.0 Å². The monoisotopic (exact) mass is 474 g/mol. The first-order valence-electron chi connectivity index (χ1n) is 10.3. The van der Waals surface area contributed by atoms with Crippen LogP contribution in [0.5, 0.6) is 0 Å². The van der Waals surface area contributed by atoms with E-state index in [0.29, 0.717) is 21.8 Å². The Bertz CT molecular complexity index is 1430. The molecule has 0 aliphatic heterocycles. The van der Waals surface area contributed by atoms with Gasteiger partial charge in [0, 0.05) is 27.8 Å². The molecule has 2 heterocycles. The van der Waals surface area contributed by atoms with Crippen molar-refractivity contribution in [2.45, 2.75) is 17.4 Å². The second kappa shape index (κ2) is 9.13. The van der Waals surface area contributed by atoms with Gasteiger partial charge in [0.1, 0.15) is 5.25 Å². The predicted octanol–water partition coefficient (Wildman–Crippen LogP) is 6.65. The second-order valence-electron chi connectivity index (χ2n) is 7.48. The average Bonchev–Trinajstić information content (AvgIpc) is 3.47. The van der Waals surface area contributed by atoms with E-state index in [-0.39, 0.29) is 5.91 Å². The lowest BCUT2D eigenvalue weighted by atomic mass is 10.1. The fourth-order valence-corrected chi connectivity index (χ4v) is 4.55. The van der Waals surface area contributed by atoms with E-state index in [1.807, 2.05) is 79.9 Å². The molecule has 3 aromatic carbocycles. The number of carbonyl (C=O) groups is 1. The maximum atomic E-state index is 13.3. The number of nitrogens with zero attached hydrogens (tertiary/aromatic N) is 2. The summed E-state index contributed by atoms with van der Waals surface area (Å²) in [4.78, 5) is 16.5. The summed E-state index contributed by atoms with van der Waals surface area (Å²) in [7, 11) is 0. The highest BCUT2D eigenvalue weighted by molar-refractivity contribution is 8.00. The number of benzene rings is 3. The van der Waals surface area contributed by atoms with Crippen molar-refractivity contribution >= 4 is 45.9 Å². The molecule has 0 aliphatic rings. The molecule has 5 rings (SSSR count). The van der Waals surface area contributed by atoms with E-state index in [0.717, 1.165) is 27.6 Å². The number of H-pyrrole nitrogens is 1. The lowest BCUT2D eigenvalue weighted by molar-refractivity contribution is -0.115. The number of aromatic amines is 1. The van der Waals surface area contributed by atoms with E-state index in [1.54, 1.807) is 6.07 Å². The van der Waals surface area contributed by atoms with Gasteiger partial charge in [-0.05, 0) is 48.0 Å². The van der Waals surface area contributed by atoms with Gasteiger partial charge in [0.25, 0.3) is 11.1 Å². The Kier molecular flexibility index (Phi) is 5.90. The molecule has 0 bridgehead atoms. The maximum absolute atomic E-state index is 13.3. The number of amides is 1. The summed E-state index contributed by atoms with van der Waals surface area (Å²) in [5.41, 5.74) is 4.20. The minimum Gasteiger partial charge on any atom is -0.411 e. The normalized spacial score (nSPS) is 12.1. The highest BCUT2D eigenvalue weighted by Gasteiger charge is 2.26. The molecule has 0 aliphatic carbocycles. The summed E-state index contributed by atoms with van der Waals surface area (Å²) in [6, 6.07) is 22.8. The third-order valence-corrected chi connectivity index (χ3v) is 6.72. The molecule has 1 atom stereocenters. The summed E-state index contributed by atoms with van der Waals surface area (Å²) in [6.45, 7) is 1.91. The Morgan fingerprint density at radius 3 is 2.67 bits per heavy atom. The minimum atomic E-state index is -0.595. The van der Waals surface area contributed by atoms with Gasteiger partial charge in [-0.1, -0.05) is 66.2 Å². The number of hydrogen-bond acceptors (Lipinski definition) is 5. The van der Waals surface area contributed by atoms with Crippen molar-refractivity contribution in [3.63, 3.8) is 0 Å². The second-order valence-corrected chi connectivity index (χ2v) is 8.95. The van der Waals surface area contributed by atoms with Crippen LogP contribution in [0.2, 0.25) is 5.02 Å².